The molecule has 2 aromatic heterocycles. The van der Waals surface area contributed by atoms with Gasteiger partial charge < -0.3 is 8.98 Å². The van der Waals surface area contributed by atoms with E-state index in [2.05, 4.69) is 10.1 Å². The molecule has 0 spiro atoms. The van der Waals surface area contributed by atoms with Gasteiger partial charge in [0.25, 0.3) is 5.89 Å². The summed E-state index contributed by atoms with van der Waals surface area (Å²) < 4.78 is 33.3. The van der Waals surface area contributed by atoms with Gasteiger partial charge in [0.15, 0.2) is 9.84 Å². The van der Waals surface area contributed by atoms with Crippen LogP contribution in [0.3, 0.4) is 0 Å². The predicted molar refractivity (Wildman–Crippen MR) is 121 cm³/mol. The maximum atomic E-state index is 12.6. The average molecular weight is 473 g/mol. The Kier molecular flexibility index (Phi) is 6.03. The van der Waals surface area contributed by atoms with E-state index < -0.39 is 15.6 Å². The van der Waals surface area contributed by atoms with Crippen LogP contribution in [0.15, 0.2) is 69.0 Å². The summed E-state index contributed by atoms with van der Waals surface area (Å²) in [5, 5.41) is 4.82. The number of imidazole rings is 1. The summed E-state index contributed by atoms with van der Waals surface area (Å²) in [4.78, 5) is 16.8. The van der Waals surface area contributed by atoms with Gasteiger partial charge in [0.1, 0.15) is 5.69 Å². The van der Waals surface area contributed by atoms with Crippen LogP contribution in [0.4, 0.5) is 0 Å². The molecule has 0 amide bonds. The van der Waals surface area contributed by atoms with E-state index in [4.69, 9.17) is 16.0 Å². The second-order valence-electron chi connectivity index (χ2n) is 7.46. The Labute approximate surface area is 190 Å². The van der Waals surface area contributed by atoms with Gasteiger partial charge >= 0.3 is 5.76 Å². The minimum Gasteiger partial charge on any atom is -0.386 e. The summed E-state index contributed by atoms with van der Waals surface area (Å²) in [7, 11) is -3.56. The fourth-order valence-corrected chi connectivity index (χ4v) is 4.54. The fraction of sp³-hybridized carbons (Fsp3) is 0.227. The SMILES string of the molecule is Cc1ccc(S(=O)(=O)CCn2nc(-c3ncn(Cc4ccc(Cl)cc4)c3C)oc2=O)cc1. The Morgan fingerprint density at radius 3 is 2.41 bits per heavy atom. The van der Waals surface area contributed by atoms with Gasteiger partial charge in [0.2, 0.25) is 0 Å². The Balaban J connectivity index is 1.51. The monoisotopic (exact) mass is 472 g/mol. The lowest BCUT2D eigenvalue weighted by atomic mass is 10.2. The molecular formula is C22H21ClN4O4S. The highest BCUT2D eigenvalue weighted by Gasteiger charge is 2.20. The third-order valence-corrected chi connectivity index (χ3v) is 7.09. The molecule has 0 aliphatic carbocycles. The van der Waals surface area contributed by atoms with Crippen molar-refractivity contribution in [3.05, 3.63) is 87.3 Å². The van der Waals surface area contributed by atoms with Crippen molar-refractivity contribution in [1.82, 2.24) is 19.3 Å². The van der Waals surface area contributed by atoms with Gasteiger partial charge in [-0.25, -0.2) is 18.2 Å². The smallest absolute Gasteiger partial charge is 0.386 e. The number of sulfone groups is 1. The largest absolute Gasteiger partial charge is 0.437 e. The first-order chi connectivity index (χ1) is 15.2. The highest BCUT2D eigenvalue weighted by molar-refractivity contribution is 7.91. The molecule has 0 saturated heterocycles. The van der Waals surface area contributed by atoms with Gasteiger partial charge in [-0.1, -0.05) is 41.4 Å². The summed E-state index contributed by atoms with van der Waals surface area (Å²) >= 11 is 5.93. The predicted octanol–water partition coefficient (Wildman–Crippen LogP) is 3.49. The number of benzene rings is 2. The molecule has 0 saturated carbocycles. The van der Waals surface area contributed by atoms with E-state index in [1.54, 1.807) is 30.6 Å². The normalized spacial score (nSPS) is 11.7. The Bertz CT molecular complexity index is 1400. The summed E-state index contributed by atoms with van der Waals surface area (Å²) in [6.07, 6.45) is 1.64. The number of nitrogens with zero attached hydrogens (tertiary/aromatic N) is 4. The molecule has 4 aromatic rings. The molecular weight excluding hydrogens is 452 g/mol. The number of rotatable bonds is 7. The number of aromatic nitrogens is 4. The van der Waals surface area contributed by atoms with E-state index in [0.717, 1.165) is 21.5 Å². The van der Waals surface area contributed by atoms with Crippen molar-refractivity contribution in [3.63, 3.8) is 0 Å². The van der Waals surface area contributed by atoms with Crippen molar-refractivity contribution in [2.24, 2.45) is 0 Å². The quantitative estimate of drug-likeness (QED) is 0.408. The first-order valence-electron chi connectivity index (χ1n) is 9.87. The standard InChI is InChI=1S/C22H21ClN4O4S/c1-15-3-9-19(10-4-15)32(29,30)12-11-27-22(28)31-21(25-27)20-16(2)26(14-24-20)13-17-5-7-18(23)8-6-17/h3-10,14H,11-13H2,1-2H3. The summed E-state index contributed by atoms with van der Waals surface area (Å²) in [6, 6.07) is 14.0. The number of hydrogen-bond donors (Lipinski definition) is 0. The molecule has 32 heavy (non-hydrogen) atoms. The summed E-state index contributed by atoms with van der Waals surface area (Å²) in [6.45, 7) is 4.17. The lowest BCUT2D eigenvalue weighted by Crippen LogP contribution is -2.21. The van der Waals surface area contributed by atoms with Crippen molar-refractivity contribution in [2.75, 3.05) is 5.75 Å². The second kappa shape index (κ2) is 8.76. The van der Waals surface area contributed by atoms with Gasteiger partial charge in [-0.05, 0) is 43.7 Å². The molecule has 0 fully saturated rings. The second-order valence-corrected chi connectivity index (χ2v) is 10.0. The van der Waals surface area contributed by atoms with E-state index in [-0.39, 0.29) is 23.1 Å². The van der Waals surface area contributed by atoms with Crippen LogP contribution in [-0.2, 0) is 22.9 Å². The highest BCUT2D eigenvalue weighted by atomic mass is 35.5. The van der Waals surface area contributed by atoms with Crippen LogP contribution in [0.2, 0.25) is 5.02 Å². The molecule has 2 heterocycles. The van der Waals surface area contributed by atoms with Crippen molar-refractivity contribution < 1.29 is 12.8 Å². The Morgan fingerprint density at radius 1 is 1.03 bits per heavy atom. The highest BCUT2D eigenvalue weighted by Crippen LogP contribution is 2.20. The van der Waals surface area contributed by atoms with E-state index in [9.17, 15) is 13.2 Å². The topological polar surface area (TPSA) is 100.0 Å². The van der Waals surface area contributed by atoms with E-state index in [1.165, 1.54) is 0 Å². The van der Waals surface area contributed by atoms with Gasteiger partial charge in [-0.3, -0.25) is 0 Å². The number of hydrogen-bond acceptors (Lipinski definition) is 6. The molecule has 0 atom stereocenters. The first-order valence-corrected chi connectivity index (χ1v) is 11.9. The van der Waals surface area contributed by atoms with Crippen LogP contribution in [0.1, 0.15) is 16.8 Å². The van der Waals surface area contributed by atoms with Gasteiger partial charge in [-0.15, -0.1) is 5.10 Å². The third kappa shape index (κ3) is 4.68. The maximum absolute atomic E-state index is 12.6. The zero-order chi connectivity index (χ0) is 22.9. The lowest BCUT2D eigenvalue weighted by molar-refractivity contribution is 0.488. The molecule has 8 nitrogen and oxygen atoms in total. The fourth-order valence-electron chi connectivity index (χ4n) is 3.21. The molecule has 10 heteroatoms. The lowest BCUT2D eigenvalue weighted by Gasteiger charge is -2.05. The van der Waals surface area contributed by atoms with Gasteiger partial charge in [0.05, 0.1) is 23.5 Å². The zero-order valence-electron chi connectivity index (χ0n) is 17.5. The zero-order valence-corrected chi connectivity index (χ0v) is 19.1. The van der Waals surface area contributed by atoms with Gasteiger partial charge in [0, 0.05) is 17.3 Å². The maximum Gasteiger partial charge on any atom is 0.437 e. The molecule has 2 aromatic carbocycles. The van der Waals surface area contributed by atoms with Crippen molar-refractivity contribution >= 4 is 21.4 Å². The summed E-state index contributed by atoms with van der Waals surface area (Å²) in [5.41, 5.74) is 3.19. The van der Waals surface area contributed by atoms with Crippen LogP contribution in [0.25, 0.3) is 11.6 Å². The first kappa shape index (κ1) is 22.0. The number of halogens is 1. The van der Waals surface area contributed by atoms with Crippen LogP contribution in [0, 0.1) is 13.8 Å². The molecule has 0 radical (unpaired) electrons. The van der Waals surface area contributed by atoms with Crippen molar-refractivity contribution in [3.8, 4) is 11.6 Å². The van der Waals surface area contributed by atoms with E-state index in [0.29, 0.717) is 17.3 Å². The molecule has 4 rings (SSSR count). The third-order valence-electron chi connectivity index (χ3n) is 5.13. The van der Waals surface area contributed by atoms with E-state index >= 15 is 0 Å². The number of aryl methyl sites for hydroxylation is 2. The molecule has 0 aliphatic heterocycles. The van der Waals surface area contributed by atoms with Crippen LogP contribution in [0.5, 0.6) is 0 Å². The molecule has 166 valence electrons. The van der Waals surface area contributed by atoms with Crippen molar-refractivity contribution in [2.45, 2.75) is 31.8 Å². The molecule has 0 unspecified atom stereocenters. The summed E-state index contributed by atoms with van der Waals surface area (Å²) in [5.74, 6) is -0.952. The Hall–Kier alpha value is -3.17. The van der Waals surface area contributed by atoms with E-state index in [1.807, 2.05) is 42.7 Å². The van der Waals surface area contributed by atoms with Crippen LogP contribution in [-0.4, -0.2) is 33.5 Å². The Morgan fingerprint density at radius 2 is 1.72 bits per heavy atom. The van der Waals surface area contributed by atoms with Crippen LogP contribution >= 0.6 is 11.6 Å². The molecule has 0 bridgehead atoms. The van der Waals surface area contributed by atoms with Crippen molar-refractivity contribution in [1.29, 1.82) is 0 Å². The molecule has 0 aliphatic rings. The average Bonchev–Trinajstić information content (AvgIpc) is 3.31. The minimum absolute atomic E-state index is 0.0510. The minimum atomic E-state index is -3.56. The van der Waals surface area contributed by atoms with Crippen LogP contribution < -0.4 is 5.76 Å². The molecule has 0 N–H and O–H groups in total. The van der Waals surface area contributed by atoms with Gasteiger partial charge in [-0.2, -0.15) is 4.68 Å².